The molecule has 2 rings (SSSR count). The van der Waals surface area contributed by atoms with Crippen molar-refractivity contribution in [2.45, 2.75) is 45.4 Å². The van der Waals surface area contributed by atoms with E-state index in [1.54, 1.807) is 0 Å². The first-order valence-corrected chi connectivity index (χ1v) is 7.84. The summed E-state index contributed by atoms with van der Waals surface area (Å²) in [6.07, 6.45) is 5.83. The van der Waals surface area contributed by atoms with Gasteiger partial charge in [-0.3, -0.25) is 4.79 Å². The van der Waals surface area contributed by atoms with Crippen molar-refractivity contribution in [3.05, 3.63) is 41.0 Å². The maximum Gasteiger partial charge on any atom is 0.165 e. The zero-order valence-electron chi connectivity index (χ0n) is 13.1. The highest BCUT2D eigenvalue weighted by atomic mass is 19.2. The summed E-state index contributed by atoms with van der Waals surface area (Å²) in [7, 11) is 0. The van der Waals surface area contributed by atoms with Crippen molar-refractivity contribution < 1.29 is 18.3 Å². The predicted molar refractivity (Wildman–Crippen MR) is 82.0 cm³/mol. The molecule has 0 atom stereocenters. The number of carbonyl (C=O) groups is 1. The third-order valence-electron chi connectivity index (χ3n) is 4.47. The second kappa shape index (κ2) is 7.52. The largest absolute Gasteiger partial charge is 0.493 e. The molecule has 120 valence electrons. The van der Waals surface area contributed by atoms with Gasteiger partial charge >= 0.3 is 0 Å². The molecule has 1 fully saturated rings. The van der Waals surface area contributed by atoms with Crippen molar-refractivity contribution in [1.82, 2.24) is 0 Å². The maximum atomic E-state index is 14.2. The topological polar surface area (TPSA) is 26.3 Å². The molecule has 0 N–H and O–H groups in total. The molecule has 0 saturated heterocycles. The molecule has 0 spiro atoms. The van der Waals surface area contributed by atoms with Crippen molar-refractivity contribution >= 4 is 6.29 Å². The Kier molecular flexibility index (Phi) is 5.69. The molecule has 0 bridgehead atoms. The molecule has 0 heterocycles. The number of rotatable bonds is 5. The fourth-order valence-corrected chi connectivity index (χ4v) is 3.33. The van der Waals surface area contributed by atoms with Gasteiger partial charge in [0, 0.05) is 5.56 Å². The SMILES string of the molecule is CC=C(C=O)C1CCC(c2c(OCC)ccc(F)c2F)CC1. The Morgan fingerprint density at radius 1 is 1.27 bits per heavy atom. The van der Waals surface area contributed by atoms with Gasteiger partial charge in [-0.15, -0.1) is 0 Å². The first kappa shape index (κ1) is 16.7. The Labute approximate surface area is 130 Å². The van der Waals surface area contributed by atoms with Crippen molar-refractivity contribution in [1.29, 1.82) is 0 Å². The molecule has 4 heteroatoms. The van der Waals surface area contributed by atoms with Gasteiger partial charge in [0.15, 0.2) is 11.6 Å². The fourth-order valence-electron chi connectivity index (χ4n) is 3.33. The van der Waals surface area contributed by atoms with Crippen LogP contribution in [0.1, 0.15) is 51.0 Å². The lowest BCUT2D eigenvalue weighted by molar-refractivity contribution is -0.105. The smallest absolute Gasteiger partial charge is 0.165 e. The normalized spacial score (nSPS) is 22.5. The van der Waals surface area contributed by atoms with Crippen LogP contribution in [-0.2, 0) is 4.79 Å². The minimum absolute atomic E-state index is 0.0572. The fraction of sp³-hybridized carbons (Fsp3) is 0.500. The van der Waals surface area contributed by atoms with Crippen LogP contribution in [0.2, 0.25) is 0 Å². The highest BCUT2D eigenvalue weighted by molar-refractivity contribution is 5.73. The molecule has 0 radical (unpaired) electrons. The lowest BCUT2D eigenvalue weighted by Gasteiger charge is -2.30. The molecular weight excluding hydrogens is 286 g/mol. The zero-order chi connectivity index (χ0) is 16.1. The second-order valence-electron chi connectivity index (χ2n) is 5.66. The van der Waals surface area contributed by atoms with E-state index < -0.39 is 11.6 Å². The maximum absolute atomic E-state index is 14.2. The number of halogens is 2. The van der Waals surface area contributed by atoms with E-state index in [1.165, 1.54) is 6.07 Å². The van der Waals surface area contributed by atoms with Gasteiger partial charge in [0.2, 0.25) is 0 Å². The predicted octanol–water partition coefficient (Wildman–Crippen LogP) is 4.78. The summed E-state index contributed by atoms with van der Waals surface area (Å²) in [5.74, 6) is -1.02. The number of hydrogen-bond donors (Lipinski definition) is 0. The summed E-state index contributed by atoms with van der Waals surface area (Å²) >= 11 is 0. The van der Waals surface area contributed by atoms with Gasteiger partial charge in [0.25, 0.3) is 0 Å². The van der Waals surface area contributed by atoms with Crippen LogP contribution in [0.3, 0.4) is 0 Å². The molecule has 0 aromatic heterocycles. The van der Waals surface area contributed by atoms with Gasteiger partial charge in [-0.1, -0.05) is 6.08 Å². The average Bonchev–Trinajstić information content (AvgIpc) is 2.54. The van der Waals surface area contributed by atoms with E-state index in [2.05, 4.69) is 0 Å². The van der Waals surface area contributed by atoms with Gasteiger partial charge in [0.1, 0.15) is 12.0 Å². The number of ether oxygens (including phenoxy) is 1. The Bertz CT molecular complexity index is 558. The Morgan fingerprint density at radius 2 is 1.95 bits per heavy atom. The lowest BCUT2D eigenvalue weighted by atomic mass is 9.75. The monoisotopic (exact) mass is 308 g/mol. The number of allylic oxidation sites excluding steroid dienone is 2. The van der Waals surface area contributed by atoms with Crippen LogP contribution in [0.5, 0.6) is 5.75 Å². The van der Waals surface area contributed by atoms with Crippen molar-refractivity contribution in [2.24, 2.45) is 5.92 Å². The summed E-state index contributed by atoms with van der Waals surface area (Å²) in [6, 6.07) is 2.62. The van der Waals surface area contributed by atoms with Crippen LogP contribution in [0.15, 0.2) is 23.8 Å². The summed E-state index contributed by atoms with van der Waals surface area (Å²) < 4.78 is 33.3. The first-order chi connectivity index (χ1) is 10.6. The second-order valence-corrected chi connectivity index (χ2v) is 5.66. The van der Waals surface area contributed by atoms with Gasteiger partial charge in [-0.2, -0.15) is 0 Å². The van der Waals surface area contributed by atoms with Crippen molar-refractivity contribution in [2.75, 3.05) is 6.61 Å². The molecule has 2 nitrogen and oxygen atoms in total. The molecule has 1 aromatic carbocycles. The van der Waals surface area contributed by atoms with Crippen molar-refractivity contribution in [3.8, 4) is 5.75 Å². The molecule has 1 saturated carbocycles. The molecule has 1 aliphatic rings. The standard InChI is InChI=1S/C18H22F2O2/c1-3-12(11-21)13-5-7-14(8-6-13)17-16(22-4-2)10-9-15(19)18(17)20/h3,9-11,13-14H,4-8H2,1-2H3. The summed E-state index contributed by atoms with van der Waals surface area (Å²) in [5, 5.41) is 0. The Morgan fingerprint density at radius 3 is 2.50 bits per heavy atom. The number of aldehydes is 1. The van der Waals surface area contributed by atoms with E-state index in [1.807, 2.05) is 19.9 Å². The van der Waals surface area contributed by atoms with Crippen LogP contribution in [-0.4, -0.2) is 12.9 Å². The van der Waals surface area contributed by atoms with Gasteiger partial charge in [0.05, 0.1) is 6.61 Å². The highest BCUT2D eigenvalue weighted by Gasteiger charge is 2.29. The number of carbonyl (C=O) groups excluding carboxylic acids is 1. The third-order valence-corrected chi connectivity index (χ3v) is 4.47. The van der Waals surface area contributed by atoms with Gasteiger partial charge < -0.3 is 4.74 Å². The lowest BCUT2D eigenvalue weighted by Crippen LogP contribution is -2.17. The van der Waals surface area contributed by atoms with Crippen LogP contribution in [0, 0.1) is 17.6 Å². The summed E-state index contributed by atoms with van der Waals surface area (Å²) in [6.45, 7) is 4.10. The minimum atomic E-state index is -0.831. The van der Waals surface area contributed by atoms with Crippen LogP contribution >= 0.6 is 0 Å². The van der Waals surface area contributed by atoms with Crippen LogP contribution in [0.4, 0.5) is 8.78 Å². The Hall–Kier alpha value is -1.71. The van der Waals surface area contributed by atoms with E-state index >= 15 is 0 Å². The molecule has 1 aromatic rings. The van der Waals surface area contributed by atoms with Crippen LogP contribution < -0.4 is 4.74 Å². The molecule has 0 unspecified atom stereocenters. The highest BCUT2D eigenvalue weighted by Crippen LogP contribution is 2.42. The summed E-state index contributed by atoms with van der Waals surface area (Å²) in [5.41, 5.74) is 1.16. The third kappa shape index (κ3) is 3.37. The molecule has 22 heavy (non-hydrogen) atoms. The minimum Gasteiger partial charge on any atom is -0.493 e. The van der Waals surface area contributed by atoms with Crippen molar-refractivity contribution in [3.63, 3.8) is 0 Å². The van der Waals surface area contributed by atoms with Gasteiger partial charge in [-0.05, 0) is 69.1 Å². The van der Waals surface area contributed by atoms with Crippen LogP contribution in [0.25, 0.3) is 0 Å². The zero-order valence-corrected chi connectivity index (χ0v) is 13.1. The molecule has 1 aliphatic carbocycles. The summed E-state index contributed by atoms with van der Waals surface area (Å²) in [4.78, 5) is 11.0. The van der Waals surface area contributed by atoms with Gasteiger partial charge in [-0.25, -0.2) is 8.78 Å². The number of benzene rings is 1. The first-order valence-electron chi connectivity index (χ1n) is 7.84. The van der Waals surface area contributed by atoms with E-state index in [-0.39, 0.29) is 11.8 Å². The Balaban J connectivity index is 2.20. The molecular formula is C18H22F2O2. The number of hydrogen-bond acceptors (Lipinski definition) is 2. The molecule has 0 amide bonds. The average molecular weight is 308 g/mol. The quantitative estimate of drug-likeness (QED) is 0.578. The molecule has 0 aliphatic heterocycles. The van der Waals surface area contributed by atoms with E-state index in [0.29, 0.717) is 17.9 Å². The van der Waals surface area contributed by atoms with E-state index in [9.17, 15) is 13.6 Å². The van der Waals surface area contributed by atoms with E-state index in [0.717, 1.165) is 43.6 Å². The van der Waals surface area contributed by atoms with E-state index in [4.69, 9.17) is 4.74 Å².